The summed E-state index contributed by atoms with van der Waals surface area (Å²) in [7, 11) is -3.83. The first kappa shape index (κ1) is 42.9. The molecule has 3 aromatic heterocycles. The van der Waals surface area contributed by atoms with E-state index in [0.29, 0.717) is 32.4 Å². The number of benzene rings is 1. The first-order chi connectivity index (χ1) is 27.0. The Kier molecular flexibility index (Phi) is 14.1. The zero-order chi connectivity index (χ0) is 41.4. The summed E-state index contributed by atoms with van der Waals surface area (Å²) >= 11 is 2.86. The summed E-state index contributed by atoms with van der Waals surface area (Å²) < 4.78 is 23.6. The van der Waals surface area contributed by atoms with Gasteiger partial charge in [-0.25, -0.2) is 42.5 Å². The Morgan fingerprint density at radius 2 is 1.30 bits per heavy atom. The molecule has 4 aromatic rings. The van der Waals surface area contributed by atoms with E-state index in [-0.39, 0.29) is 45.2 Å². The average Bonchev–Trinajstić information content (AvgIpc) is 3.99. The monoisotopic (exact) mass is 857 g/mol. The molecular formula is C36H39N7O10S4. The number of thioether (sulfide) groups is 1. The Morgan fingerprint density at radius 3 is 1.82 bits per heavy atom. The number of Topliss-reactive ketones (excluding diaryl/α,β-unsaturated/α-hetero) is 2. The van der Waals surface area contributed by atoms with Crippen molar-refractivity contribution in [3.8, 4) is 0 Å². The van der Waals surface area contributed by atoms with Crippen molar-refractivity contribution in [1.82, 2.24) is 15.0 Å². The van der Waals surface area contributed by atoms with E-state index in [1.54, 1.807) is 36.6 Å². The van der Waals surface area contributed by atoms with E-state index in [1.807, 2.05) is 6.92 Å². The van der Waals surface area contributed by atoms with Gasteiger partial charge in [0.15, 0.2) is 47.3 Å². The average molecular weight is 858 g/mol. The second-order valence-electron chi connectivity index (χ2n) is 13.2. The molecule has 2 fully saturated rings. The predicted molar refractivity (Wildman–Crippen MR) is 216 cm³/mol. The topological polar surface area (TPSA) is 264 Å². The van der Waals surface area contributed by atoms with E-state index < -0.39 is 43.7 Å². The number of anilines is 4. The van der Waals surface area contributed by atoms with Gasteiger partial charge in [0, 0.05) is 29.9 Å². The lowest BCUT2D eigenvalue weighted by Gasteiger charge is -2.14. The van der Waals surface area contributed by atoms with E-state index in [9.17, 15) is 37.2 Å². The molecule has 17 nitrogen and oxygen atoms in total. The third kappa shape index (κ3) is 11.0. The molecule has 2 aliphatic rings. The van der Waals surface area contributed by atoms with Gasteiger partial charge in [0.2, 0.25) is 0 Å². The van der Waals surface area contributed by atoms with Crippen molar-refractivity contribution in [3.05, 3.63) is 64.6 Å². The van der Waals surface area contributed by atoms with Crippen molar-refractivity contribution >= 4 is 102 Å². The lowest BCUT2D eigenvalue weighted by molar-refractivity contribution is 0.0677. The second kappa shape index (κ2) is 18.8. The van der Waals surface area contributed by atoms with Crippen molar-refractivity contribution in [3.63, 3.8) is 0 Å². The van der Waals surface area contributed by atoms with Gasteiger partial charge in [-0.1, -0.05) is 60.0 Å². The van der Waals surface area contributed by atoms with Crippen LogP contribution >= 0.6 is 34.4 Å². The summed E-state index contributed by atoms with van der Waals surface area (Å²) in [5.41, 5.74) is 1.26. The number of ketones is 2. The minimum absolute atomic E-state index is 0.0111. The lowest BCUT2D eigenvalue weighted by Crippen LogP contribution is -2.23. The molecule has 2 aliphatic carbocycles. The number of rotatable bonds is 12. The van der Waals surface area contributed by atoms with Gasteiger partial charge in [-0.3, -0.25) is 25.5 Å². The fraction of sp³-hybridized carbons (Fsp3) is 0.361. The van der Waals surface area contributed by atoms with E-state index in [1.165, 1.54) is 18.0 Å². The highest BCUT2D eigenvalue weighted by Crippen LogP contribution is 2.34. The third-order valence-corrected chi connectivity index (χ3v) is 13.9. The molecule has 0 radical (unpaired) electrons. The van der Waals surface area contributed by atoms with Crippen LogP contribution in [-0.2, 0) is 9.84 Å². The van der Waals surface area contributed by atoms with Crippen LogP contribution in [0.3, 0.4) is 0 Å². The Morgan fingerprint density at radius 1 is 0.754 bits per heavy atom. The Bertz CT molecular complexity index is 2310. The zero-order valence-corrected chi connectivity index (χ0v) is 34.2. The first-order valence-electron chi connectivity index (χ1n) is 17.6. The van der Waals surface area contributed by atoms with Crippen LogP contribution in [0.4, 0.5) is 31.4 Å². The molecule has 0 saturated heterocycles. The zero-order valence-electron chi connectivity index (χ0n) is 30.9. The maximum absolute atomic E-state index is 12.9. The molecule has 6 rings (SSSR count). The van der Waals surface area contributed by atoms with Crippen LogP contribution in [0.5, 0.6) is 0 Å². The minimum atomic E-state index is -3.83. The standard InChI is InChI=1S/C19H21N3O6S2.C17H18N4O4S2/c1-10-7-8-13(12(9-10)15(23)11-5-3-4-6-11)20-18(26)22-19-21-14(16(24)25)17(29-19)30(2,27)28;1-26-15-11(14(23)24)19-17(27-15)21-16(25)20-13-10(7-4-8-18-13)12(22)9-5-2-3-6-9/h7-9,11H,3-6H2,1-2H3,(H,24,25)(H2,20,21,22,26);4,7-9H,2-3,5-6H2,1H3,(H,23,24)(H2,18,19,20,21,25). The molecule has 0 aliphatic heterocycles. The Labute approximate surface area is 339 Å². The van der Waals surface area contributed by atoms with Crippen LogP contribution in [0.25, 0.3) is 0 Å². The number of sulfone groups is 1. The maximum atomic E-state index is 12.9. The van der Waals surface area contributed by atoms with Gasteiger partial charge < -0.3 is 15.5 Å². The molecule has 0 unspecified atom stereocenters. The number of aryl methyl sites for hydroxylation is 1. The van der Waals surface area contributed by atoms with Crippen LogP contribution in [0.1, 0.15) is 98.6 Å². The minimum Gasteiger partial charge on any atom is -0.476 e. The van der Waals surface area contributed by atoms with Crippen molar-refractivity contribution in [2.75, 3.05) is 33.8 Å². The number of nitrogens with zero attached hydrogens (tertiary/aromatic N) is 3. The van der Waals surface area contributed by atoms with E-state index >= 15 is 0 Å². The number of carboxylic acid groups (broad SMARTS) is 2. The van der Waals surface area contributed by atoms with Crippen LogP contribution in [0, 0.1) is 18.8 Å². The van der Waals surface area contributed by atoms with Gasteiger partial charge in [0.1, 0.15) is 5.82 Å². The van der Waals surface area contributed by atoms with Gasteiger partial charge >= 0.3 is 24.0 Å². The van der Waals surface area contributed by atoms with Crippen molar-refractivity contribution in [1.29, 1.82) is 0 Å². The molecule has 3 heterocycles. The Balaban J connectivity index is 0.000000219. The lowest BCUT2D eigenvalue weighted by atomic mass is 9.94. The summed E-state index contributed by atoms with van der Waals surface area (Å²) in [6.45, 7) is 1.85. The highest BCUT2D eigenvalue weighted by atomic mass is 32.2. The largest absolute Gasteiger partial charge is 0.476 e. The van der Waals surface area contributed by atoms with Crippen LogP contribution in [0.15, 0.2) is 44.9 Å². The van der Waals surface area contributed by atoms with E-state index in [4.69, 9.17) is 10.2 Å². The summed E-state index contributed by atoms with van der Waals surface area (Å²) in [5.74, 6) is -2.60. The highest BCUT2D eigenvalue weighted by molar-refractivity contribution is 8.00. The number of urea groups is 2. The van der Waals surface area contributed by atoms with Crippen molar-refractivity contribution in [2.45, 2.75) is 66.7 Å². The van der Waals surface area contributed by atoms with E-state index in [0.717, 1.165) is 74.5 Å². The number of carboxylic acids is 2. The van der Waals surface area contributed by atoms with Gasteiger partial charge in [-0.05, 0) is 63.1 Å². The third-order valence-electron chi connectivity index (χ3n) is 9.01. The second-order valence-corrected chi connectivity index (χ2v) is 18.5. The molecule has 21 heteroatoms. The molecule has 4 amide bonds. The number of aromatic nitrogens is 3. The number of carbonyl (C=O) groups is 6. The molecule has 1 aromatic carbocycles. The maximum Gasteiger partial charge on any atom is 0.356 e. The molecule has 302 valence electrons. The fourth-order valence-corrected chi connectivity index (χ4v) is 9.95. The summed E-state index contributed by atoms with van der Waals surface area (Å²) in [6, 6.07) is 7.04. The first-order valence-corrected chi connectivity index (χ1v) is 22.3. The number of carbonyl (C=O) groups excluding carboxylic acids is 4. The summed E-state index contributed by atoms with van der Waals surface area (Å²) in [6.07, 6.45) is 11.5. The fourth-order valence-electron chi connectivity index (χ4n) is 6.36. The van der Waals surface area contributed by atoms with Crippen LogP contribution in [-0.4, -0.2) is 81.7 Å². The number of nitrogens with one attached hydrogen (secondary N) is 4. The molecule has 0 atom stereocenters. The van der Waals surface area contributed by atoms with Gasteiger partial charge in [-0.15, -0.1) is 11.8 Å². The number of hydrogen-bond acceptors (Lipinski definition) is 14. The molecule has 0 spiro atoms. The smallest absolute Gasteiger partial charge is 0.356 e. The van der Waals surface area contributed by atoms with Crippen molar-refractivity contribution in [2.24, 2.45) is 11.8 Å². The van der Waals surface area contributed by atoms with Crippen LogP contribution in [0.2, 0.25) is 0 Å². The molecule has 57 heavy (non-hydrogen) atoms. The van der Waals surface area contributed by atoms with Crippen LogP contribution < -0.4 is 21.3 Å². The highest BCUT2D eigenvalue weighted by Gasteiger charge is 2.29. The van der Waals surface area contributed by atoms with Gasteiger partial charge in [0.25, 0.3) is 0 Å². The molecule has 0 bridgehead atoms. The predicted octanol–water partition coefficient (Wildman–Crippen LogP) is 7.55. The number of hydrogen-bond donors (Lipinski definition) is 6. The van der Waals surface area contributed by atoms with Gasteiger partial charge in [0.05, 0.1) is 15.5 Å². The van der Waals surface area contributed by atoms with E-state index in [2.05, 4.69) is 36.2 Å². The normalized spacial score (nSPS) is 14.3. The van der Waals surface area contributed by atoms with Crippen molar-refractivity contribution < 1.29 is 47.4 Å². The molecular weight excluding hydrogens is 819 g/mol. The molecule has 6 N–H and O–H groups in total. The summed E-state index contributed by atoms with van der Waals surface area (Å²) in [5, 5.41) is 28.3. The molecule has 2 saturated carbocycles. The Hall–Kier alpha value is -5.25. The summed E-state index contributed by atoms with van der Waals surface area (Å²) in [4.78, 5) is 84.4. The number of pyridine rings is 1. The van der Waals surface area contributed by atoms with Gasteiger partial charge in [-0.2, -0.15) is 0 Å². The number of amides is 4. The number of aromatic carboxylic acids is 2. The number of thiazole rings is 2. The quantitative estimate of drug-likeness (QED) is 0.0594. The SMILES string of the molecule is CSc1sc(NC(=O)Nc2ncccc2C(=O)C2CCCC2)nc1C(=O)O.Cc1ccc(NC(=O)Nc2nc(C(=O)O)c(S(C)(=O)=O)s2)c(C(=O)C2CCCC2)c1.